The van der Waals surface area contributed by atoms with Crippen LogP contribution in [0.1, 0.15) is 34.1 Å². The summed E-state index contributed by atoms with van der Waals surface area (Å²) in [4.78, 5) is 14.3. The van der Waals surface area contributed by atoms with Crippen molar-refractivity contribution in [2.75, 3.05) is 6.61 Å². The zero-order chi connectivity index (χ0) is 21.3. The Morgan fingerprint density at radius 2 is 1.90 bits per heavy atom. The van der Waals surface area contributed by atoms with Gasteiger partial charge in [-0.05, 0) is 53.4 Å². The van der Waals surface area contributed by atoms with Crippen LogP contribution >= 0.6 is 11.3 Å². The number of hydrogen-bond acceptors (Lipinski definition) is 5. The maximum Gasteiger partial charge on any atom is 0.166 e. The summed E-state index contributed by atoms with van der Waals surface area (Å²) >= 11 is 1.67. The molecule has 1 aliphatic heterocycles. The number of rotatable bonds is 5. The van der Waals surface area contributed by atoms with Crippen molar-refractivity contribution in [2.24, 2.45) is 0 Å². The van der Waals surface area contributed by atoms with Crippen molar-refractivity contribution in [1.82, 2.24) is 0 Å². The van der Waals surface area contributed by atoms with Crippen LogP contribution in [0.5, 0.6) is 0 Å². The highest BCUT2D eigenvalue weighted by atomic mass is 32.1. The third-order valence-corrected chi connectivity index (χ3v) is 6.62. The van der Waals surface area contributed by atoms with E-state index in [-0.39, 0.29) is 18.0 Å². The second-order valence-electron chi connectivity index (χ2n) is 7.60. The minimum atomic E-state index is -1.27. The SMILES string of the molecule is Cc1ccc([C@H]2CC(=O)[C@H](O)[C@@H](CO)O2)cc1Cc1ccc(-c2ccc(F)cc2)s1. The maximum atomic E-state index is 13.2. The predicted octanol–water partition coefficient (Wildman–Crippen LogP) is 4.21. The van der Waals surface area contributed by atoms with Crippen molar-refractivity contribution in [2.45, 2.75) is 38.1 Å². The molecule has 2 aromatic carbocycles. The zero-order valence-electron chi connectivity index (χ0n) is 16.5. The number of ether oxygens (including phenoxy) is 1. The number of benzene rings is 2. The van der Waals surface area contributed by atoms with Crippen LogP contribution in [0.3, 0.4) is 0 Å². The van der Waals surface area contributed by atoms with Crippen molar-refractivity contribution in [3.63, 3.8) is 0 Å². The summed E-state index contributed by atoms with van der Waals surface area (Å²) in [6, 6.07) is 16.6. The lowest BCUT2D eigenvalue weighted by Crippen LogP contribution is -2.44. The van der Waals surface area contributed by atoms with Crippen LogP contribution in [-0.4, -0.2) is 34.8 Å². The highest BCUT2D eigenvalue weighted by Crippen LogP contribution is 2.33. The molecular formula is C24H23FO4S. The van der Waals surface area contributed by atoms with Crippen molar-refractivity contribution < 1.29 is 24.1 Å². The lowest BCUT2D eigenvalue weighted by Gasteiger charge is -2.32. The Bertz CT molecular complexity index is 1040. The summed E-state index contributed by atoms with van der Waals surface area (Å²) in [6.45, 7) is 1.64. The third-order valence-electron chi connectivity index (χ3n) is 5.49. The molecular weight excluding hydrogens is 403 g/mol. The zero-order valence-corrected chi connectivity index (χ0v) is 17.4. The van der Waals surface area contributed by atoms with Gasteiger partial charge in [0.1, 0.15) is 18.0 Å². The van der Waals surface area contributed by atoms with Gasteiger partial charge in [-0.1, -0.05) is 30.3 Å². The van der Waals surface area contributed by atoms with E-state index in [0.717, 1.165) is 33.6 Å². The second kappa shape index (κ2) is 8.78. The molecule has 0 saturated carbocycles. The summed E-state index contributed by atoms with van der Waals surface area (Å²) in [7, 11) is 0. The molecule has 1 aliphatic rings. The van der Waals surface area contributed by atoms with Gasteiger partial charge in [0.2, 0.25) is 0 Å². The van der Waals surface area contributed by atoms with E-state index in [2.05, 4.69) is 6.07 Å². The van der Waals surface area contributed by atoms with Crippen molar-refractivity contribution >= 4 is 17.1 Å². The molecule has 3 aromatic rings. The number of aryl methyl sites for hydroxylation is 1. The molecule has 1 aromatic heterocycles. The molecule has 0 unspecified atom stereocenters. The summed E-state index contributed by atoms with van der Waals surface area (Å²) in [5.41, 5.74) is 4.12. The van der Waals surface area contributed by atoms with Crippen LogP contribution in [0, 0.1) is 12.7 Å². The molecule has 2 heterocycles. The lowest BCUT2D eigenvalue weighted by atomic mass is 9.92. The van der Waals surface area contributed by atoms with E-state index in [1.54, 1.807) is 23.5 Å². The molecule has 3 atom stereocenters. The first kappa shape index (κ1) is 20.9. The molecule has 156 valence electrons. The van der Waals surface area contributed by atoms with Crippen LogP contribution < -0.4 is 0 Å². The number of halogens is 1. The topological polar surface area (TPSA) is 66.8 Å². The monoisotopic (exact) mass is 426 g/mol. The van der Waals surface area contributed by atoms with Gasteiger partial charge < -0.3 is 14.9 Å². The van der Waals surface area contributed by atoms with Gasteiger partial charge in [0, 0.05) is 22.6 Å². The molecule has 30 heavy (non-hydrogen) atoms. The fraction of sp³-hybridized carbons (Fsp3) is 0.292. The van der Waals surface area contributed by atoms with E-state index < -0.39 is 24.9 Å². The summed E-state index contributed by atoms with van der Waals surface area (Å²) in [5, 5.41) is 19.2. The Kier molecular flexibility index (Phi) is 6.11. The molecule has 1 saturated heterocycles. The van der Waals surface area contributed by atoms with Crippen LogP contribution in [0.4, 0.5) is 4.39 Å². The number of aliphatic hydroxyl groups is 2. The van der Waals surface area contributed by atoms with Gasteiger partial charge in [-0.15, -0.1) is 11.3 Å². The molecule has 6 heteroatoms. The molecule has 0 amide bonds. The number of thiophene rings is 1. The van der Waals surface area contributed by atoms with E-state index in [1.165, 1.54) is 17.0 Å². The van der Waals surface area contributed by atoms with E-state index in [1.807, 2.05) is 31.2 Å². The van der Waals surface area contributed by atoms with Gasteiger partial charge in [0.05, 0.1) is 12.7 Å². The first-order valence-electron chi connectivity index (χ1n) is 9.86. The number of Topliss-reactive ketones (excluding diaryl/α,β-unsaturated/α-hetero) is 1. The summed E-state index contributed by atoms with van der Waals surface area (Å²) in [5.74, 6) is -0.558. The van der Waals surface area contributed by atoms with Crippen LogP contribution in [0.25, 0.3) is 10.4 Å². The molecule has 0 radical (unpaired) electrons. The van der Waals surface area contributed by atoms with Gasteiger partial charge in [0.25, 0.3) is 0 Å². The normalized spacial score (nSPS) is 21.7. The summed E-state index contributed by atoms with van der Waals surface area (Å²) in [6.07, 6.45) is -1.81. The fourth-order valence-corrected chi connectivity index (χ4v) is 4.73. The number of carbonyl (C=O) groups is 1. The standard InChI is InChI=1S/C24H23FO4S/c1-14-2-3-16(21-12-20(27)24(28)22(13-26)29-21)10-17(14)11-19-8-9-23(30-19)15-4-6-18(25)7-5-15/h2-10,21-22,24,26,28H,11-13H2,1H3/t21-,22-,24+/m1/s1. The van der Waals surface area contributed by atoms with E-state index in [0.29, 0.717) is 0 Å². The molecule has 0 spiro atoms. The van der Waals surface area contributed by atoms with Gasteiger partial charge in [-0.25, -0.2) is 4.39 Å². The van der Waals surface area contributed by atoms with Gasteiger partial charge in [-0.2, -0.15) is 0 Å². The number of carbonyl (C=O) groups excluding carboxylic acids is 1. The fourth-order valence-electron chi connectivity index (χ4n) is 3.70. The second-order valence-corrected chi connectivity index (χ2v) is 8.76. The third kappa shape index (κ3) is 4.37. The van der Waals surface area contributed by atoms with Crippen molar-refractivity contribution in [1.29, 1.82) is 0 Å². The average Bonchev–Trinajstić information content (AvgIpc) is 3.20. The summed E-state index contributed by atoms with van der Waals surface area (Å²) < 4.78 is 18.9. The van der Waals surface area contributed by atoms with Gasteiger partial charge in [-0.3, -0.25) is 4.79 Å². The molecule has 2 N–H and O–H groups in total. The highest BCUT2D eigenvalue weighted by Gasteiger charge is 2.36. The van der Waals surface area contributed by atoms with Gasteiger partial charge in [0.15, 0.2) is 5.78 Å². The average molecular weight is 427 g/mol. The number of ketones is 1. The number of hydrogen-bond donors (Lipinski definition) is 2. The molecule has 4 rings (SSSR count). The van der Waals surface area contributed by atoms with E-state index >= 15 is 0 Å². The molecule has 0 bridgehead atoms. The van der Waals surface area contributed by atoms with Crippen LogP contribution in [0.15, 0.2) is 54.6 Å². The highest BCUT2D eigenvalue weighted by molar-refractivity contribution is 7.15. The maximum absolute atomic E-state index is 13.2. The Morgan fingerprint density at radius 3 is 2.63 bits per heavy atom. The molecule has 1 fully saturated rings. The Hall–Kier alpha value is -2.38. The van der Waals surface area contributed by atoms with Gasteiger partial charge >= 0.3 is 0 Å². The lowest BCUT2D eigenvalue weighted by molar-refractivity contribution is -0.164. The van der Waals surface area contributed by atoms with E-state index in [9.17, 15) is 19.4 Å². The van der Waals surface area contributed by atoms with Crippen LogP contribution in [0.2, 0.25) is 0 Å². The number of aliphatic hydroxyl groups excluding tert-OH is 2. The predicted molar refractivity (Wildman–Crippen MR) is 114 cm³/mol. The minimum absolute atomic E-state index is 0.0912. The largest absolute Gasteiger partial charge is 0.394 e. The molecule has 4 nitrogen and oxygen atoms in total. The Balaban J connectivity index is 1.54. The van der Waals surface area contributed by atoms with E-state index in [4.69, 9.17) is 4.74 Å². The minimum Gasteiger partial charge on any atom is -0.394 e. The Morgan fingerprint density at radius 1 is 1.13 bits per heavy atom. The van der Waals surface area contributed by atoms with Crippen LogP contribution in [-0.2, 0) is 16.0 Å². The first-order valence-corrected chi connectivity index (χ1v) is 10.7. The molecule has 0 aliphatic carbocycles. The first-order chi connectivity index (χ1) is 14.4. The van der Waals surface area contributed by atoms with Crippen molar-refractivity contribution in [3.05, 3.63) is 82.0 Å². The van der Waals surface area contributed by atoms with Crippen molar-refractivity contribution in [3.8, 4) is 10.4 Å². The smallest absolute Gasteiger partial charge is 0.166 e. The Labute approximate surface area is 178 Å². The quantitative estimate of drug-likeness (QED) is 0.642.